The van der Waals surface area contributed by atoms with E-state index in [1.807, 2.05) is 0 Å². The van der Waals surface area contributed by atoms with Gasteiger partial charge in [-0.1, -0.05) is 12.1 Å². The van der Waals surface area contributed by atoms with E-state index < -0.39 is 5.97 Å². The number of aryl methyl sites for hydroxylation is 1. The Morgan fingerprint density at radius 3 is 2.82 bits per heavy atom. The molecule has 5 heteroatoms. The molecule has 0 amide bonds. The van der Waals surface area contributed by atoms with Gasteiger partial charge in [0, 0.05) is 5.56 Å². The molecule has 0 saturated heterocycles. The first-order valence-electron chi connectivity index (χ1n) is 5.01. The maximum absolute atomic E-state index is 10.8. The summed E-state index contributed by atoms with van der Waals surface area (Å²) in [6.45, 7) is 1.76. The van der Waals surface area contributed by atoms with Gasteiger partial charge in [0.05, 0.1) is 23.1 Å². The fraction of sp³-hybridized carbons (Fsp3) is 0.0833. The number of carbonyl (C=O) groups is 1. The molecule has 0 radical (unpaired) electrons. The molecule has 0 bridgehead atoms. The van der Waals surface area contributed by atoms with E-state index >= 15 is 0 Å². The summed E-state index contributed by atoms with van der Waals surface area (Å²) in [5, 5.41) is 8.90. The molecule has 2 aromatic rings. The summed E-state index contributed by atoms with van der Waals surface area (Å²) in [5.74, 6) is -0.588. The predicted octanol–water partition coefficient (Wildman–Crippen LogP) is 1.73. The molecule has 1 aromatic carbocycles. The van der Waals surface area contributed by atoms with Crippen molar-refractivity contribution in [1.29, 1.82) is 0 Å². The van der Waals surface area contributed by atoms with Gasteiger partial charge in [0.25, 0.3) is 0 Å². The minimum Gasteiger partial charge on any atom is -0.478 e. The Morgan fingerprint density at radius 1 is 1.41 bits per heavy atom. The van der Waals surface area contributed by atoms with Crippen LogP contribution in [0.1, 0.15) is 16.1 Å². The molecule has 0 atom stereocenters. The first-order chi connectivity index (χ1) is 8.08. The van der Waals surface area contributed by atoms with Gasteiger partial charge >= 0.3 is 5.97 Å². The number of nitrogens with zero attached hydrogens (tertiary/aromatic N) is 2. The third-order valence-corrected chi connectivity index (χ3v) is 2.39. The lowest BCUT2D eigenvalue weighted by molar-refractivity contribution is 0.0697. The number of rotatable bonds is 2. The molecule has 0 spiro atoms. The number of nitrogens with two attached hydrogens (primary N) is 1. The van der Waals surface area contributed by atoms with Crippen molar-refractivity contribution in [2.24, 2.45) is 0 Å². The first-order valence-corrected chi connectivity index (χ1v) is 5.01. The van der Waals surface area contributed by atoms with Gasteiger partial charge < -0.3 is 10.8 Å². The van der Waals surface area contributed by atoms with Crippen LogP contribution in [0.5, 0.6) is 0 Å². The predicted molar refractivity (Wildman–Crippen MR) is 63.6 cm³/mol. The second-order valence-electron chi connectivity index (χ2n) is 3.61. The van der Waals surface area contributed by atoms with E-state index in [4.69, 9.17) is 10.8 Å². The Labute approximate surface area is 98.0 Å². The van der Waals surface area contributed by atoms with Gasteiger partial charge in [0.15, 0.2) is 0 Å². The maximum Gasteiger partial charge on any atom is 0.335 e. The molecule has 2 rings (SSSR count). The van der Waals surface area contributed by atoms with Crippen molar-refractivity contribution in [2.75, 3.05) is 5.73 Å². The second kappa shape index (κ2) is 4.21. The average molecular weight is 229 g/mol. The van der Waals surface area contributed by atoms with Gasteiger partial charge in [-0.3, -0.25) is 0 Å². The van der Waals surface area contributed by atoms with Crippen molar-refractivity contribution in [3.8, 4) is 11.3 Å². The van der Waals surface area contributed by atoms with Crippen LogP contribution in [0.25, 0.3) is 11.3 Å². The molecule has 3 N–H and O–H groups in total. The molecule has 0 aliphatic rings. The molecule has 0 fully saturated rings. The summed E-state index contributed by atoms with van der Waals surface area (Å²) in [5.41, 5.74) is 7.75. The van der Waals surface area contributed by atoms with Crippen LogP contribution in [-0.4, -0.2) is 21.0 Å². The molecule has 0 aliphatic carbocycles. The monoisotopic (exact) mass is 229 g/mol. The van der Waals surface area contributed by atoms with Gasteiger partial charge in [-0.25, -0.2) is 14.8 Å². The molecule has 1 heterocycles. The van der Waals surface area contributed by atoms with Crippen molar-refractivity contribution in [1.82, 2.24) is 9.97 Å². The van der Waals surface area contributed by atoms with Crippen LogP contribution in [0, 0.1) is 6.92 Å². The summed E-state index contributed by atoms with van der Waals surface area (Å²) >= 11 is 0. The summed E-state index contributed by atoms with van der Waals surface area (Å²) in [4.78, 5) is 19.1. The minimum absolute atomic E-state index is 0.221. The largest absolute Gasteiger partial charge is 0.478 e. The standard InChI is InChI=1S/C12H11N3O2/c1-7-11(13)14-6-10(15-7)8-3-2-4-9(5-8)12(16)17/h2-6H,1H3,(H2,13,14)(H,16,17). The van der Waals surface area contributed by atoms with Crippen LogP contribution in [0.2, 0.25) is 0 Å². The van der Waals surface area contributed by atoms with Gasteiger partial charge in [0.1, 0.15) is 5.82 Å². The van der Waals surface area contributed by atoms with Gasteiger partial charge in [-0.15, -0.1) is 0 Å². The molecule has 1 aromatic heterocycles. The Hall–Kier alpha value is -2.43. The summed E-state index contributed by atoms with van der Waals surface area (Å²) in [7, 11) is 0. The van der Waals surface area contributed by atoms with Gasteiger partial charge in [-0.2, -0.15) is 0 Å². The van der Waals surface area contributed by atoms with Crippen LogP contribution in [0.4, 0.5) is 5.82 Å². The number of hydrogen-bond acceptors (Lipinski definition) is 4. The third kappa shape index (κ3) is 2.23. The summed E-state index contributed by atoms with van der Waals surface area (Å²) in [6.07, 6.45) is 1.53. The Balaban J connectivity index is 2.49. The lowest BCUT2D eigenvalue weighted by Gasteiger charge is -2.04. The summed E-state index contributed by atoms with van der Waals surface area (Å²) < 4.78 is 0. The zero-order valence-corrected chi connectivity index (χ0v) is 9.21. The average Bonchev–Trinajstić information content (AvgIpc) is 2.33. The zero-order valence-electron chi connectivity index (χ0n) is 9.21. The molecule has 0 aliphatic heterocycles. The lowest BCUT2D eigenvalue weighted by atomic mass is 10.1. The van der Waals surface area contributed by atoms with Gasteiger partial charge in [-0.05, 0) is 19.1 Å². The van der Waals surface area contributed by atoms with E-state index in [9.17, 15) is 4.79 Å². The molecule has 5 nitrogen and oxygen atoms in total. The van der Waals surface area contributed by atoms with E-state index in [1.165, 1.54) is 12.3 Å². The van der Waals surface area contributed by atoms with Crippen LogP contribution < -0.4 is 5.73 Å². The highest BCUT2D eigenvalue weighted by Crippen LogP contribution is 2.19. The van der Waals surface area contributed by atoms with E-state index in [1.54, 1.807) is 25.1 Å². The minimum atomic E-state index is -0.966. The molecule has 17 heavy (non-hydrogen) atoms. The van der Waals surface area contributed by atoms with Crippen LogP contribution in [0.15, 0.2) is 30.5 Å². The summed E-state index contributed by atoms with van der Waals surface area (Å²) in [6, 6.07) is 6.55. The normalized spacial score (nSPS) is 10.2. The number of anilines is 1. The molecule has 0 saturated carbocycles. The van der Waals surface area contributed by atoms with Crippen molar-refractivity contribution in [3.63, 3.8) is 0 Å². The van der Waals surface area contributed by atoms with E-state index in [0.29, 0.717) is 22.8 Å². The highest BCUT2D eigenvalue weighted by atomic mass is 16.4. The SMILES string of the molecule is Cc1nc(-c2cccc(C(=O)O)c2)cnc1N. The third-order valence-electron chi connectivity index (χ3n) is 2.39. The number of hydrogen-bond donors (Lipinski definition) is 2. The zero-order chi connectivity index (χ0) is 12.4. The molecule has 86 valence electrons. The van der Waals surface area contributed by atoms with Gasteiger partial charge in [0.2, 0.25) is 0 Å². The number of carboxylic acid groups (broad SMARTS) is 1. The fourth-order valence-electron chi connectivity index (χ4n) is 1.44. The number of benzene rings is 1. The number of aromatic carboxylic acids is 1. The number of aromatic nitrogens is 2. The Morgan fingerprint density at radius 2 is 2.18 bits per heavy atom. The first kappa shape index (κ1) is 11.1. The Kier molecular flexibility index (Phi) is 2.74. The van der Waals surface area contributed by atoms with Crippen molar-refractivity contribution < 1.29 is 9.90 Å². The highest BCUT2D eigenvalue weighted by molar-refractivity contribution is 5.89. The highest BCUT2D eigenvalue weighted by Gasteiger charge is 2.07. The van der Waals surface area contributed by atoms with Crippen LogP contribution in [-0.2, 0) is 0 Å². The molecular weight excluding hydrogens is 218 g/mol. The van der Waals surface area contributed by atoms with E-state index in [-0.39, 0.29) is 5.56 Å². The number of nitrogen functional groups attached to an aromatic ring is 1. The quantitative estimate of drug-likeness (QED) is 0.818. The molecule has 0 unspecified atom stereocenters. The second-order valence-corrected chi connectivity index (χ2v) is 3.61. The smallest absolute Gasteiger partial charge is 0.335 e. The lowest BCUT2D eigenvalue weighted by Crippen LogP contribution is -1.99. The molecular formula is C12H11N3O2. The van der Waals surface area contributed by atoms with E-state index in [0.717, 1.165) is 0 Å². The van der Waals surface area contributed by atoms with Crippen molar-refractivity contribution in [2.45, 2.75) is 6.92 Å². The topological polar surface area (TPSA) is 89.1 Å². The van der Waals surface area contributed by atoms with Crippen molar-refractivity contribution >= 4 is 11.8 Å². The van der Waals surface area contributed by atoms with Crippen molar-refractivity contribution in [3.05, 3.63) is 41.7 Å². The Bertz CT molecular complexity index is 582. The number of carboxylic acids is 1. The van der Waals surface area contributed by atoms with Crippen LogP contribution in [0.3, 0.4) is 0 Å². The van der Waals surface area contributed by atoms with Crippen LogP contribution >= 0.6 is 0 Å². The maximum atomic E-state index is 10.8. The fourth-order valence-corrected chi connectivity index (χ4v) is 1.44. The van der Waals surface area contributed by atoms with E-state index in [2.05, 4.69) is 9.97 Å².